The standard InChI is InChI=1S/C16H24N4/c1-4-9-17-13(3)14-7-6-8-15(11-14)16-12-18-19-20(16)10-5-2/h6-8,11-13,17H,4-5,9-10H2,1-3H3. The number of nitrogens with zero attached hydrogens (tertiary/aromatic N) is 3. The third kappa shape index (κ3) is 3.45. The Balaban J connectivity index is 2.22. The van der Waals surface area contributed by atoms with Crippen LogP contribution in [0, 0.1) is 0 Å². The van der Waals surface area contributed by atoms with Gasteiger partial charge in [0.1, 0.15) is 0 Å². The van der Waals surface area contributed by atoms with Crippen molar-refractivity contribution in [3.63, 3.8) is 0 Å². The van der Waals surface area contributed by atoms with Crippen LogP contribution in [0.4, 0.5) is 0 Å². The van der Waals surface area contributed by atoms with E-state index in [1.54, 1.807) is 0 Å². The number of hydrogen-bond donors (Lipinski definition) is 1. The van der Waals surface area contributed by atoms with Gasteiger partial charge in [0.05, 0.1) is 11.9 Å². The van der Waals surface area contributed by atoms with E-state index in [0.717, 1.165) is 31.6 Å². The van der Waals surface area contributed by atoms with Gasteiger partial charge in [-0.1, -0.05) is 37.3 Å². The van der Waals surface area contributed by atoms with Crippen molar-refractivity contribution in [1.82, 2.24) is 20.3 Å². The third-order valence-electron chi connectivity index (χ3n) is 3.44. The normalized spacial score (nSPS) is 12.6. The SMILES string of the molecule is CCCNC(C)c1cccc(-c2cnnn2CCC)c1. The maximum atomic E-state index is 4.16. The molecule has 4 nitrogen and oxygen atoms in total. The van der Waals surface area contributed by atoms with E-state index in [1.165, 1.54) is 11.1 Å². The molecule has 2 rings (SSSR count). The van der Waals surface area contributed by atoms with Crippen LogP contribution >= 0.6 is 0 Å². The smallest absolute Gasteiger partial charge is 0.0885 e. The molecule has 1 aromatic heterocycles. The van der Waals surface area contributed by atoms with E-state index in [9.17, 15) is 0 Å². The van der Waals surface area contributed by atoms with Crippen LogP contribution in [0.15, 0.2) is 30.5 Å². The van der Waals surface area contributed by atoms with Crippen molar-refractivity contribution in [1.29, 1.82) is 0 Å². The van der Waals surface area contributed by atoms with E-state index >= 15 is 0 Å². The Labute approximate surface area is 121 Å². The summed E-state index contributed by atoms with van der Waals surface area (Å²) in [5.41, 5.74) is 3.59. The molecular weight excluding hydrogens is 248 g/mol. The molecule has 20 heavy (non-hydrogen) atoms. The molecule has 0 saturated carbocycles. The molecule has 1 N–H and O–H groups in total. The number of hydrogen-bond acceptors (Lipinski definition) is 3. The van der Waals surface area contributed by atoms with Crippen molar-refractivity contribution in [2.24, 2.45) is 0 Å². The van der Waals surface area contributed by atoms with Gasteiger partial charge in [-0.3, -0.25) is 0 Å². The minimum absolute atomic E-state index is 0.366. The lowest BCUT2D eigenvalue weighted by Gasteiger charge is -2.15. The first-order valence-corrected chi connectivity index (χ1v) is 7.48. The minimum atomic E-state index is 0.366. The molecule has 1 atom stereocenters. The lowest BCUT2D eigenvalue weighted by molar-refractivity contribution is 0.570. The Morgan fingerprint density at radius 3 is 2.85 bits per heavy atom. The maximum absolute atomic E-state index is 4.16. The summed E-state index contributed by atoms with van der Waals surface area (Å²) < 4.78 is 1.98. The van der Waals surface area contributed by atoms with Crippen molar-refractivity contribution in [3.05, 3.63) is 36.0 Å². The van der Waals surface area contributed by atoms with Gasteiger partial charge in [-0.15, -0.1) is 5.10 Å². The first kappa shape index (κ1) is 14.7. The van der Waals surface area contributed by atoms with Crippen LogP contribution in [0.2, 0.25) is 0 Å². The molecule has 1 heterocycles. The lowest BCUT2D eigenvalue weighted by atomic mass is 10.0. The maximum Gasteiger partial charge on any atom is 0.0885 e. The zero-order valence-electron chi connectivity index (χ0n) is 12.6. The van der Waals surface area contributed by atoms with Gasteiger partial charge in [0.25, 0.3) is 0 Å². The van der Waals surface area contributed by atoms with Gasteiger partial charge >= 0.3 is 0 Å². The van der Waals surface area contributed by atoms with Crippen molar-refractivity contribution >= 4 is 0 Å². The zero-order valence-corrected chi connectivity index (χ0v) is 12.6. The summed E-state index contributed by atoms with van der Waals surface area (Å²) in [5.74, 6) is 0. The van der Waals surface area contributed by atoms with Crippen LogP contribution in [0.25, 0.3) is 11.3 Å². The van der Waals surface area contributed by atoms with E-state index in [2.05, 4.69) is 60.7 Å². The molecule has 1 aromatic carbocycles. The average Bonchev–Trinajstić information content (AvgIpc) is 2.93. The molecule has 0 aliphatic carbocycles. The number of aryl methyl sites for hydroxylation is 1. The fourth-order valence-electron chi connectivity index (χ4n) is 2.30. The van der Waals surface area contributed by atoms with Crippen LogP contribution < -0.4 is 5.32 Å². The van der Waals surface area contributed by atoms with Gasteiger partial charge in [-0.05, 0) is 37.9 Å². The average molecular weight is 272 g/mol. The molecule has 0 saturated heterocycles. The molecule has 0 radical (unpaired) electrons. The summed E-state index contributed by atoms with van der Waals surface area (Å²) in [6, 6.07) is 9.01. The fourth-order valence-corrected chi connectivity index (χ4v) is 2.30. The summed E-state index contributed by atoms with van der Waals surface area (Å²) >= 11 is 0. The van der Waals surface area contributed by atoms with Crippen LogP contribution in [0.3, 0.4) is 0 Å². The second kappa shape index (κ2) is 7.20. The quantitative estimate of drug-likeness (QED) is 0.840. The van der Waals surface area contributed by atoms with E-state index in [-0.39, 0.29) is 0 Å². The minimum Gasteiger partial charge on any atom is -0.310 e. The molecule has 0 amide bonds. The molecule has 2 aromatic rings. The predicted molar refractivity (Wildman–Crippen MR) is 82.5 cm³/mol. The molecule has 0 fully saturated rings. The van der Waals surface area contributed by atoms with E-state index < -0.39 is 0 Å². The Kier molecular flexibility index (Phi) is 5.30. The van der Waals surface area contributed by atoms with Gasteiger partial charge in [0.15, 0.2) is 0 Å². The molecule has 1 unspecified atom stereocenters. The van der Waals surface area contributed by atoms with E-state index in [1.807, 2.05) is 10.9 Å². The second-order valence-corrected chi connectivity index (χ2v) is 5.14. The first-order chi connectivity index (χ1) is 9.76. The molecule has 0 spiro atoms. The lowest BCUT2D eigenvalue weighted by Crippen LogP contribution is -2.19. The van der Waals surface area contributed by atoms with Crippen LogP contribution in [-0.4, -0.2) is 21.5 Å². The summed E-state index contributed by atoms with van der Waals surface area (Å²) in [6.45, 7) is 8.49. The number of nitrogens with one attached hydrogen (secondary N) is 1. The molecular formula is C16H24N4. The van der Waals surface area contributed by atoms with Gasteiger partial charge in [0, 0.05) is 18.2 Å². The van der Waals surface area contributed by atoms with Gasteiger partial charge in [-0.25, -0.2) is 4.68 Å². The molecule has 0 aliphatic heterocycles. The summed E-state index contributed by atoms with van der Waals surface area (Å²) in [4.78, 5) is 0. The Bertz CT molecular complexity index is 533. The highest BCUT2D eigenvalue weighted by Gasteiger charge is 2.09. The Morgan fingerprint density at radius 1 is 1.25 bits per heavy atom. The highest BCUT2D eigenvalue weighted by Crippen LogP contribution is 2.22. The zero-order chi connectivity index (χ0) is 14.4. The predicted octanol–water partition coefficient (Wildman–Crippen LogP) is 3.42. The van der Waals surface area contributed by atoms with Crippen LogP contribution in [0.5, 0.6) is 0 Å². The first-order valence-electron chi connectivity index (χ1n) is 7.48. The summed E-state index contributed by atoms with van der Waals surface area (Å²) in [7, 11) is 0. The van der Waals surface area contributed by atoms with Crippen molar-refractivity contribution < 1.29 is 0 Å². The largest absolute Gasteiger partial charge is 0.310 e. The Hall–Kier alpha value is -1.68. The van der Waals surface area contributed by atoms with Crippen LogP contribution in [0.1, 0.15) is 45.2 Å². The van der Waals surface area contributed by atoms with Crippen LogP contribution in [-0.2, 0) is 6.54 Å². The van der Waals surface area contributed by atoms with Crippen molar-refractivity contribution in [2.75, 3.05) is 6.54 Å². The Morgan fingerprint density at radius 2 is 2.10 bits per heavy atom. The second-order valence-electron chi connectivity index (χ2n) is 5.14. The fraction of sp³-hybridized carbons (Fsp3) is 0.500. The molecule has 0 aliphatic rings. The monoisotopic (exact) mass is 272 g/mol. The van der Waals surface area contributed by atoms with E-state index in [4.69, 9.17) is 0 Å². The van der Waals surface area contributed by atoms with Crippen molar-refractivity contribution in [2.45, 2.75) is 46.2 Å². The number of rotatable bonds is 7. The van der Waals surface area contributed by atoms with Gasteiger partial charge in [0.2, 0.25) is 0 Å². The highest BCUT2D eigenvalue weighted by molar-refractivity contribution is 5.59. The van der Waals surface area contributed by atoms with Crippen molar-refractivity contribution in [3.8, 4) is 11.3 Å². The highest BCUT2D eigenvalue weighted by atomic mass is 15.4. The summed E-state index contributed by atoms with van der Waals surface area (Å²) in [6.07, 6.45) is 4.06. The third-order valence-corrected chi connectivity index (χ3v) is 3.44. The summed E-state index contributed by atoms with van der Waals surface area (Å²) in [5, 5.41) is 11.7. The number of benzene rings is 1. The molecule has 4 heteroatoms. The number of aromatic nitrogens is 3. The van der Waals surface area contributed by atoms with E-state index in [0.29, 0.717) is 6.04 Å². The molecule has 108 valence electrons. The molecule has 0 bridgehead atoms. The van der Waals surface area contributed by atoms with Gasteiger partial charge < -0.3 is 5.32 Å². The topological polar surface area (TPSA) is 42.7 Å². The van der Waals surface area contributed by atoms with Gasteiger partial charge in [-0.2, -0.15) is 0 Å².